The highest BCUT2D eigenvalue weighted by atomic mass is 16.3. The highest BCUT2D eigenvalue weighted by Crippen LogP contribution is 2.14. The first-order valence-electron chi connectivity index (χ1n) is 6.05. The molecular weight excluding hydrogens is 232 g/mol. The molecule has 18 heavy (non-hydrogen) atoms. The maximum atomic E-state index is 12.0. The lowest BCUT2D eigenvalue weighted by Crippen LogP contribution is -2.47. The van der Waals surface area contributed by atoms with Crippen molar-refractivity contribution in [3.05, 3.63) is 33.7 Å². The molecule has 1 amide bonds. The van der Waals surface area contributed by atoms with Crippen LogP contribution < -0.4 is 10.9 Å². The minimum Gasteiger partial charge on any atom is -0.396 e. The number of H-pyrrole nitrogens is 1. The second kappa shape index (κ2) is 5.82. The first-order valence-corrected chi connectivity index (χ1v) is 6.05. The van der Waals surface area contributed by atoms with E-state index in [1.165, 1.54) is 6.07 Å². The number of aromatic nitrogens is 1. The molecule has 0 aliphatic rings. The van der Waals surface area contributed by atoms with Crippen molar-refractivity contribution < 1.29 is 9.90 Å². The van der Waals surface area contributed by atoms with E-state index in [1.807, 2.05) is 13.8 Å². The Hall–Kier alpha value is -1.62. The lowest BCUT2D eigenvalue weighted by molar-refractivity contribution is 0.0884. The van der Waals surface area contributed by atoms with Crippen molar-refractivity contribution in [2.75, 3.05) is 6.61 Å². The number of hydrogen-bond donors (Lipinski definition) is 3. The van der Waals surface area contributed by atoms with E-state index in [0.29, 0.717) is 18.5 Å². The fourth-order valence-electron chi connectivity index (χ4n) is 1.67. The molecule has 3 N–H and O–H groups in total. The summed E-state index contributed by atoms with van der Waals surface area (Å²) in [7, 11) is 0. The van der Waals surface area contributed by atoms with Crippen molar-refractivity contribution in [3.8, 4) is 0 Å². The van der Waals surface area contributed by atoms with Crippen molar-refractivity contribution in [3.63, 3.8) is 0 Å². The summed E-state index contributed by atoms with van der Waals surface area (Å²) in [5.74, 6) is -0.408. The molecule has 0 spiro atoms. The zero-order valence-electron chi connectivity index (χ0n) is 11.0. The number of aliphatic hydroxyl groups excluding tert-OH is 1. The van der Waals surface area contributed by atoms with Crippen LogP contribution in [0, 0.1) is 6.92 Å². The van der Waals surface area contributed by atoms with Gasteiger partial charge < -0.3 is 15.4 Å². The number of amides is 1. The minimum atomic E-state index is -0.497. The number of carbonyl (C=O) groups excluding carboxylic acids is 1. The summed E-state index contributed by atoms with van der Waals surface area (Å²) in [6, 6.07) is 3.20. The molecule has 1 unspecified atom stereocenters. The molecule has 0 radical (unpaired) electrons. The van der Waals surface area contributed by atoms with Gasteiger partial charge in [0.2, 0.25) is 0 Å². The highest BCUT2D eigenvalue weighted by Gasteiger charge is 2.25. The van der Waals surface area contributed by atoms with Crippen molar-refractivity contribution >= 4 is 5.91 Å². The molecule has 100 valence electrons. The van der Waals surface area contributed by atoms with Gasteiger partial charge in [0.25, 0.3) is 11.5 Å². The number of hydrogen-bond acceptors (Lipinski definition) is 3. The van der Waals surface area contributed by atoms with E-state index >= 15 is 0 Å². The second-order valence-electron chi connectivity index (χ2n) is 4.73. The smallest absolute Gasteiger partial charge is 0.260 e. The van der Waals surface area contributed by atoms with Crippen LogP contribution in [0.3, 0.4) is 0 Å². The van der Waals surface area contributed by atoms with Crippen molar-refractivity contribution in [1.29, 1.82) is 0 Å². The summed E-state index contributed by atoms with van der Waals surface area (Å²) < 4.78 is 0. The van der Waals surface area contributed by atoms with E-state index in [9.17, 15) is 9.59 Å². The average Bonchev–Trinajstić information content (AvgIpc) is 2.28. The first kappa shape index (κ1) is 14.4. The molecule has 0 aromatic carbocycles. The SMILES string of the molecule is CCC(C)(CCO)NC(=O)c1ccc(C)[nH]c1=O. The number of carbonyl (C=O) groups is 1. The van der Waals surface area contributed by atoms with E-state index in [2.05, 4.69) is 10.3 Å². The second-order valence-corrected chi connectivity index (χ2v) is 4.73. The van der Waals surface area contributed by atoms with E-state index in [4.69, 9.17) is 5.11 Å². The maximum absolute atomic E-state index is 12.0. The van der Waals surface area contributed by atoms with Crippen molar-refractivity contribution in [2.24, 2.45) is 0 Å². The number of aromatic amines is 1. The lowest BCUT2D eigenvalue weighted by atomic mass is 9.94. The molecular formula is C13H20N2O3. The van der Waals surface area contributed by atoms with Gasteiger partial charge in [-0.25, -0.2) is 0 Å². The van der Waals surface area contributed by atoms with Gasteiger partial charge in [0.05, 0.1) is 0 Å². The Morgan fingerprint density at radius 2 is 2.17 bits per heavy atom. The van der Waals surface area contributed by atoms with Gasteiger partial charge in [-0.15, -0.1) is 0 Å². The molecule has 5 heteroatoms. The first-order chi connectivity index (χ1) is 8.41. The Labute approximate surface area is 106 Å². The molecule has 0 fully saturated rings. The fourth-order valence-corrected chi connectivity index (χ4v) is 1.67. The molecule has 0 aliphatic carbocycles. The van der Waals surface area contributed by atoms with Crippen LogP contribution in [0.25, 0.3) is 0 Å². The molecule has 5 nitrogen and oxygen atoms in total. The van der Waals surface area contributed by atoms with E-state index in [-0.39, 0.29) is 12.2 Å². The van der Waals surface area contributed by atoms with Gasteiger partial charge >= 0.3 is 0 Å². The molecule has 1 heterocycles. The molecule has 0 saturated heterocycles. The zero-order valence-corrected chi connectivity index (χ0v) is 11.0. The predicted octanol–water partition coefficient (Wildman–Crippen LogP) is 0.964. The fraction of sp³-hybridized carbons (Fsp3) is 0.538. The van der Waals surface area contributed by atoms with Crippen LogP contribution in [0.2, 0.25) is 0 Å². The largest absolute Gasteiger partial charge is 0.396 e. The normalized spacial score (nSPS) is 14.0. The highest BCUT2D eigenvalue weighted by molar-refractivity contribution is 5.94. The molecule has 1 rings (SSSR count). The standard InChI is InChI=1S/C13H20N2O3/c1-4-13(3,7-8-16)15-12(18)10-6-5-9(2)14-11(10)17/h5-6,16H,4,7-8H2,1-3H3,(H,14,17)(H,15,18). The third-order valence-corrected chi connectivity index (χ3v) is 3.16. The van der Waals surface area contributed by atoms with E-state index in [0.717, 1.165) is 0 Å². The Bertz CT molecular complexity index is 481. The summed E-state index contributed by atoms with van der Waals surface area (Å²) in [5.41, 5.74) is -0.0817. The van der Waals surface area contributed by atoms with E-state index in [1.54, 1.807) is 13.0 Å². The van der Waals surface area contributed by atoms with Crippen LogP contribution in [0.5, 0.6) is 0 Å². The van der Waals surface area contributed by atoms with Gasteiger partial charge in [-0.2, -0.15) is 0 Å². The van der Waals surface area contributed by atoms with Crippen LogP contribution in [0.15, 0.2) is 16.9 Å². The quantitative estimate of drug-likeness (QED) is 0.730. The van der Waals surface area contributed by atoms with Gasteiger partial charge in [0, 0.05) is 17.8 Å². The zero-order chi connectivity index (χ0) is 13.8. The Morgan fingerprint density at radius 3 is 2.67 bits per heavy atom. The third kappa shape index (κ3) is 3.43. The third-order valence-electron chi connectivity index (χ3n) is 3.16. The number of aliphatic hydroxyl groups is 1. The summed E-state index contributed by atoms with van der Waals surface area (Å²) >= 11 is 0. The van der Waals surface area contributed by atoms with Crippen LogP contribution in [-0.4, -0.2) is 28.1 Å². The van der Waals surface area contributed by atoms with Crippen molar-refractivity contribution in [1.82, 2.24) is 10.3 Å². The van der Waals surface area contributed by atoms with Crippen molar-refractivity contribution in [2.45, 2.75) is 39.2 Å². The van der Waals surface area contributed by atoms with Crippen LogP contribution >= 0.6 is 0 Å². The molecule has 1 aromatic rings. The minimum absolute atomic E-state index is 0.00508. The van der Waals surface area contributed by atoms with Gasteiger partial charge in [0.15, 0.2) is 0 Å². The molecule has 0 bridgehead atoms. The van der Waals surface area contributed by atoms with Crippen LogP contribution in [-0.2, 0) is 0 Å². The van der Waals surface area contributed by atoms with Gasteiger partial charge in [-0.3, -0.25) is 9.59 Å². The molecule has 1 atom stereocenters. The summed E-state index contributed by atoms with van der Waals surface area (Å²) in [5, 5.41) is 11.8. The molecule has 1 aromatic heterocycles. The Balaban J connectivity index is 2.91. The van der Waals surface area contributed by atoms with Crippen LogP contribution in [0.4, 0.5) is 0 Å². The number of nitrogens with one attached hydrogen (secondary N) is 2. The lowest BCUT2D eigenvalue weighted by Gasteiger charge is -2.28. The van der Waals surface area contributed by atoms with E-state index < -0.39 is 17.0 Å². The Morgan fingerprint density at radius 1 is 1.50 bits per heavy atom. The van der Waals surface area contributed by atoms with Gasteiger partial charge in [-0.1, -0.05) is 6.92 Å². The topological polar surface area (TPSA) is 82.2 Å². The average molecular weight is 252 g/mol. The summed E-state index contributed by atoms with van der Waals surface area (Å²) in [6.07, 6.45) is 1.14. The molecule has 0 saturated carbocycles. The number of pyridine rings is 1. The number of aryl methyl sites for hydroxylation is 1. The maximum Gasteiger partial charge on any atom is 0.260 e. The van der Waals surface area contributed by atoms with Gasteiger partial charge in [-0.05, 0) is 38.8 Å². The van der Waals surface area contributed by atoms with Crippen LogP contribution in [0.1, 0.15) is 42.7 Å². The summed E-state index contributed by atoms with van der Waals surface area (Å²) in [6.45, 7) is 5.53. The number of rotatable bonds is 5. The predicted molar refractivity (Wildman–Crippen MR) is 69.7 cm³/mol. The molecule has 0 aliphatic heterocycles. The van der Waals surface area contributed by atoms with Gasteiger partial charge in [0.1, 0.15) is 5.56 Å². The summed E-state index contributed by atoms with van der Waals surface area (Å²) in [4.78, 5) is 26.3. The Kier molecular flexibility index (Phi) is 4.67. The monoisotopic (exact) mass is 252 g/mol.